The Morgan fingerprint density at radius 3 is 2.53 bits per heavy atom. The molecule has 156 valence electrons. The number of benzene rings is 1. The Morgan fingerprint density at radius 2 is 1.90 bits per heavy atom. The van der Waals surface area contributed by atoms with Gasteiger partial charge in [0.2, 0.25) is 0 Å². The van der Waals surface area contributed by atoms with E-state index in [-0.39, 0.29) is 11.8 Å². The quantitative estimate of drug-likeness (QED) is 0.685. The van der Waals surface area contributed by atoms with Gasteiger partial charge in [-0.1, -0.05) is 6.07 Å². The maximum Gasteiger partial charge on any atom is 0.251 e. The third kappa shape index (κ3) is 4.14. The van der Waals surface area contributed by atoms with Crippen LogP contribution in [0, 0.1) is 11.3 Å². The number of aromatic nitrogens is 1. The van der Waals surface area contributed by atoms with Gasteiger partial charge in [-0.05, 0) is 42.3 Å². The lowest BCUT2D eigenvalue weighted by Crippen LogP contribution is -2.45. The summed E-state index contributed by atoms with van der Waals surface area (Å²) in [6, 6.07) is 11.5. The predicted octanol–water partition coefficient (Wildman–Crippen LogP) is 0.798. The second-order valence-corrected chi connectivity index (χ2v) is 7.64. The van der Waals surface area contributed by atoms with Gasteiger partial charge in [0.05, 0.1) is 37.0 Å². The zero-order valence-electron chi connectivity index (χ0n) is 16.4. The highest BCUT2D eigenvalue weighted by Gasteiger charge is 2.43. The van der Waals surface area contributed by atoms with Gasteiger partial charge in [-0.25, -0.2) is 4.98 Å². The van der Waals surface area contributed by atoms with E-state index in [2.05, 4.69) is 15.2 Å². The lowest BCUT2D eigenvalue weighted by Gasteiger charge is -2.28. The number of carbonyl (C=O) groups is 1. The molecule has 30 heavy (non-hydrogen) atoms. The van der Waals surface area contributed by atoms with E-state index in [1.807, 2.05) is 18.2 Å². The van der Waals surface area contributed by atoms with Crippen LogP contribution in [0.1, 0.15) is 33.8 Å². The van der Waals surface area contributed by atoms with Crippen LogP contribution in [-0.2, 0) is 4.74 Å². The van der Waals surface area contributed by atoms with Crippen molar-refractivity contribution in [2.24, 2.45) is 0 Å². The molecule has 1 aromatic carbocycles. The summed E-state index contributed by atoms with van der Waals surface area (Å²) in [5, 5.41) is 32.5. The van der Waals surface area contributed by atoms with Crippen molar-refractivity contribution >= 4 is 11.7 Å². The summed E-state index contributed by atoms with van der Waals surface area (Å²) >= 11 is 0. The van der Waals surface area contributed by atoms with E-state index in [1.54, 1.807) is 30.5 Å². The molecule has 1 aromatic heterocycles. The third-order valence-corrected chi connectivity index (χ3v) is 5.80. The Morgan fingerprint density at radius 1 is 1.17 bits per heavy atom. The highest BCUT2D eigenvalue weighted by atomic mass is 16.5. The second-order valence-electron chi connectivity index (χ2n) is 7.64. The molecule has 1 saturated carbocycles. The minimum absolute atomic E-state index is 0.261. The Balaban J connectivity index is 1.50. The molecule has 1 aliphatic heterocycles. The number of rotatable bonds is 4. The molecular formula is C22H24N4O4. The number of nitrogens with zero attached hydrogens (tertiary/aromatic N) is 3. The smallest absolute Gasteiger partial charge is 0.251 e. The molecule has 3 N–H and O–H groups in total. The summed E-state index contributed by atoms with van der Waals surface area (Å²) in [5.41, 5.74) is 1.71. The van der Waals surface area contributed by atoms with E-state index < -0.39 is 18.2 Å². The van der Waals surface area contributed by atoms with Gasteiger partial charge in [-0.3, -0.25) is 4.79 Å². The van der Waals surface area contributed by atoms with Crippen molar-refractivity contribution < 1.29 is 19.7 Å². The normalized spacial score (nSPS) is 26.2. The molecule has 2 heterocycles. The summed E-state index contributed by atoms with van der Waals surface area (Å²) in [6.07, 6.45) is 0.0792. The van der Waals surface area contributed by atoms with Crippen LogP contribution in [0.2, 0.25) is 0 Å². The van der Waals surface area contributed by atoms with Gasteiger partial charge in [0.1, 0.15) is 11.9 Å². The fourth-order valence-electron chi connectivity index (χ4n) is 4.08. The first-order valence-electron chi connectivity index (χ1n) is 10.0. The number of ether oxygens (including phenoxy) is 1. The lowest BCUT2D eigenvalue weighted by atomic mass is 9.94. The first-order chi connectivity index (χ1) is 14.6. The van der Waals surface area contributed by atoms with E-state index in [0.29, 0.717) is 30.8 Å². The molecule has 2 aliphatic rings. The molecule has 0 bridgehead atoms. The van der Waals surface area contributed by atoms with Crippen molar-refractivity contribution in [2.45, 2.75) is 30.6 Å². The number of amides is 1. The number of aliphatic hydroxyl groups is 2. The van der Waals surface area contributed by atoms with Crippen molar-refractivity contribution in [2.75, 3.05) is 31.2 Å². The number of carbonyl (C=O) groups excluding carboxylic acids is 1. The van der Waals surface area contributed by atoms with E-state index in [1.165, 1.54) is 0 Å². The molecule has 2 aromatic rings. The van der Waals surface area contributed by atoms with Crippen molar-refractivity contribution in [1.82, 2.24) is 10.3 Å². The van der Waals surface area contributed by atoms with Crippen molar-refractivity contribution in [3.05, 3.63) is 59.3 Å². The number of pyridine rings is 1. The summed E-state index contributed by atoms with van der Waals surface area (Å²) in [4.78, 5) is 19.4. The average molecular weight is 408 g/mol. The molecule has 1 amide bonds. The van der Waals surface area contributed by atoms with Crippen LogP contribution in [-0.4, -0.2) is 65.7 Å². The molecule has 1 saturated heterocycles. The zero-order chi connectivity index (χ0) is 21.1. The molecule has 4 rings (SSSR count). The van der Waals surface area contributed by atoms with Gasteiger partial charge in [0.15, 0.2) is 0 Å². The number of morpholine rings is 1. The number of nitriles is 1. The van der Waals surface area contributed by atoms with Crippen LogP contribution >= 0.6 is 0 Å². The Labute approximate surface area is 174 Å². The zero-order valence-corrected chi connectivity index (χ0v) is 16.4. The minimum atomic E-state index is -1.07. The Hall–Kier alpha value is -2.99. The van der Waals surface area contributed by atoms with Crippen LogP contribution in [0.4, 0.5) is 5.82 Å². The molecule has 0 unspecified atom stereocenters. The van der Waals surface area contributed by atoms with Gasteiger partial charge < -0.3 is 25.2 Å². The first kappa shape index (κ1) is 20.3. The van der Waals surface area contributed by atoms with Gasteiger partial charge in [-0.2, -0.15) is 5.26 Å². The lowest BCUT2D eigenvalue weighted by molar-refractivity contribution is 0.0294. The van der Waals surface area contributed by atoms with E-state index >= 15 is 0 Å². The molecule has 0 spiro atoms. The highest BCUT2D eigenvalue weighted by Crippen LogP contribution is 2.35. The van der Waals surface area contributed by atoms with Crippen LogP contribution in [0.15, 0.2) is 42.6 Å². The number of aliphatic hydroxyl groups excluding tert-OH is 2. The predicted molar refractivity (Wildman–Crippen MR) is 109 cm³/mol. The summed E-state index contributed by atoms with van der Waals surface area (Å²) < 4.78 is 5.37. The largest absolute Gasteiger partial charge is 0.390 e. The Bertz CT molecular complexity index is 920. The van der Waals surface area contributed by atoms with Crippen LogP contribution in [0.5, 0.6) is 0 Å². The second kappa shape index (κ2) is 8.79. The third-order valence-electron chi connectivity index (χ3n) is 5.80. The highest BCUT2D eigenvalue weighted by molar-refractivity contribution is 5.94. The first-order valence-corrected chi connectivity index (χ1v) is 10.0. The van der Waals surface area contributed by atoms with Crippen LogP contribution < -0.4 is 10.2 Å². The van der Waals surface area contributed by atoms with Crippen molar-refractivity contribution in [1.29, 1.82) is 5.26 Å². The van der Waals surface area contributed by atoms with Gasteiger partial charge in [0, 0.05) is 30.8 Å². The van der Waals surface area contributed by atoms with E-state index in [9.17, 15) is 15.0 Å². The van der Waals surface area contributed by atoms with Gasteiger partial charge in [-0.15, -0.1) is 0 Å². The fourth-order valence-corrected chi connectivity index (χ4v) is 4.08. The van der Waals surface area contributed by atoms with E-state index in [4.69, 9.17) is 10.00 Å². The summed E-state index contributed by atoms with van der Waals surface area (Å²) in [6.45, 7) is 2.93. The molecule has 2 fully saturated rings. The maximum atomic E-state index is 12.7. The summed E-state index contributed by atoms with van der Waals surface area (Å²) in [7, 11) is 0. The van der Waals surface area contributed by atoms with Crippen molar-refractivity contribution in [3.63, 3.8) is 0 Å². The fraction of sp³-hybridized carbons (Fsp3) is 0.409. The molecule has 1 aliphatic carbocycles. The molecule has 8 nitrogen and oxygen atoms in total. The number of nitrogens with one attached hydrogen (secondary N) is 1. The summed E-state index contributed by atoms with van der Waals surface area (Å²) in [5.74, 6) is 0.239. The standard InChI is InChI=1S/C22H24N4O4/c23-12-14-1-3-15(4-2-14)22(29)25-20-17(11-18(27)21(20)28)16-5-6-19(24-13-16)26-7-9-30-10-8-26/h1-6,13,17-18,20-21,27-28H,7-11H2,(H,25,29)/t17-,18-,20-,21-/m1/s1. The van der Waals surface area contributed by atoms with Gasteiger partial charge in [0.25, 0.3) is 5.91 Å². The molecule has 4 atom stereocenters. The number of hydrogen-bond acceptors (Lipinski definition) is 7. The van der Waals surface area contributed by atoms with Crippen molar-refractivity contribution in [3.8, 4) is 6.07 Å². The van der Waals surface area contributed by atoms with Crippen LogP contribution in [0.3, 0.4) is 0 Å². The topological polar surface area (TPSA) is 119 Å². The van der Waals surface area contributed by atoms with Gasteiger partial charge >= 0.3 is 0 Å². The molecular weight excluding hydrogens is 384 g/mol. The molecule has 8 heteroatoms. The van der Waals surface area contributed by atoms with Crippen LogP contribution in [0.25, 0.3) is 0 Å². The minimum Gasteiger partial charge on any atom is -0.390 e. The molecule has 0 radical (unpaired) electrons. The number of hydrogen-bond donors (Lipinski definition) is 3. The SMILES string of the molecule is N#Cc1ccc(C(=O)N[C@H]2[C@H](O)[C@H](O)C[C@@H]2c2ccc(N3CCOCC3)nc2)cc1. The maximum absolute atomic E-state index is 12.7. The Kier molecular flexibility index (Phi) is 5.95. The monoisotopic (exact) mass is 408 g/mol. The average Bonchev–Trinajstić information content (AvgIpc) is 3.08. The number of anilines is 1. The van der Waals surface area contributed by atoms with E-state index in [0.717, 1.165) is 24.5 Å².